The van der Waals surface area contributed by atoms with Crippen molar-refractivity contribution < 1.29 is 0 Å². The Bertz CT molecular complexity index is 273. The fourth-order valence-corrected chi connectivity index (χ4v) is 2.91. The summed E-state index contributed by atoms with van der Waals surface area (Å²) in [6.45, 7) is 4.21. The highest BCUT2D eigenvalue weighted by atomic mass is 32.1. The molecule has 1 saturated heterocycles. The lowest BCUT2D eigenvalue weighted by Crippen LogP contribution is -2.36. The molecule has 0 saturated carbocycles. The lowest BCUT2D eigenvalue weighted by molar-refractivity contribution is 0.199. The van der Waals surface area contributed by atoms with E-state index in [0.29, 0.717) is 12.1 Å². The highest BCUT2D eigenvalue weighted by Gasteiger charge is 2.28. The highest BCUT2D eigenvalue weighted by molar-refractivity contribution is 7.09. The zero-order valence-corrected chi connectivity index (χ0v) is 9.33. The third-order valence-corrected chi connectivity index (χ3v) is 4.00. The van der Waals surface area contributed by atoms with Crippen LogP contribution in [0, 0.1) is 0 Å². The van der Waals surface area contributed by atoms with Crippen LogP contribution in [0.4, 0.5) is 0 Å². The molecule has 2 N–H and O–H groups in total. The molecule has 1 aromatic heterocycles. The molecule has 0 aromatic carbocycles. The minimum absolute atomic E-state index is 0.485. The summed E-state index contributed by atoms with van der Waals surface area (Å²) in [5, 5.41) is 0. The Morgan fingerprint density at radius 2 is 2.64 bits per heavy atom. The topological polar surface area (TPSA) is 42.2 Å². The summed E-state index contributed by atoms with van der Waals surface area (Å²) in [5.74, 6) is 0. The van der Waals surface area contributed by atoms with E-state index in [1.807, 2.05) is 11.7 Å². The number of hydrogen-bond donors (Lipinski definition) is 1. The summed E-state index contributed by atoms with van der Waals surface area (Å²) in [4.78, 5) is 7.99. The molecule has 0 spiro atoms. The van der Waals surface area contributed by atoms with Crippen LogP contribution in [0.3, 0.4) is 0 Å². The Hall–Kier alpha value is -0.450. The van der Waals surface area contributed by atoms with E-state index in [1.54, 1.807) is 11.3 Å². The van der Waals surface area contributed by atoms with Gasteiger partial charge >= 0.3 is 0 Å². The molecule has 2 heterocycles. The van der Waals surface area contributed by atoms with Gasteiger partial charge in [-0.3, -0.25) is 9.88 Å². The van der Waals surface area contributed by atoms with Crippen molar-refractivity contribution in [1.29, 1.82) is 0 Å². The molecule has 1 aliphatic heterocycles. The van der Waals surface area contributed by atoms with Crippen molar-refractivity contribution in [3.8, 4) is 0 Å². The molecule has 78 valence electrons. The molecule has 3 nitrogen and oxygen atoms in total. The molecule has 1 aromatic rings. The first-order valence-electron chi connectivity index (χ1n) is 5.17. The van der Waals surface area contributed by atoms with Gasteiger partial charge in [0.2, 0.25) is 0 Å². The third kappa shape index (κ3) is 1.82. The van der Waals surface area contributed by atoms with Crippen molar-refractivity contribution in [2.45, 2.75) is 31.8 Å². The SMILES string of the molecule is CC(c1cncs1)N1CCCC1CN. The van der Waals surface area contributed by atoms with Crippen molar-refractivity contribution in [1.82, 2.24) is 9.88 Å². The Balaban J connectivity index is 2.07. The maximum absolute atomic E-state index is 5.76. The minimum atomic E-state index is 0.485. The van der Waals surface area contributed by atoms with E-state index in [9.17, 15) is 0 Å². The number of rotatable bonds is 3. The van der Waals surface area contributed by atoms with Gasteiger partial charge in [-0.1, -0.05) is 0 Å². The number of nitrogens with zero attached hydrogens (tertiary/aromatic N) is 2. The van der Waals surface area contributed by atoms with Gasteiger partial charge in [-0.2, -0.15) is 0 Å². The molecule has 2 unspecified atom stereocenters. The second kappa shape index (κ2) is 4.38. The summed E-state index contributed by atoms with van der Waals surface area (Å²) in [5.41, 5.74) is 7.66. The van der Waals surface area contributed by atoms with Gasteiger partial charge in [-0.15, -0.1) is 11.3 Å². The molecule has 0 amide bonds. The fraction of sp³-hybridized carbons (Fsp3) is 0.700. The van der Waals surface area contributed by atoms with E-state index in [1.165, 1.54) is 24.3 Å². The molecule has 1 aliphatic rings. The first-order chi connectivity index (χ1) is 6.83. The highest BCUT2D eigenvalue weighted by Crippen LogP contribution is 2.30. The normalized spacial score (nSPS) is 25.4. The lowest BCUT2D eigenvalue weighted by atomic mass is 10.2. The third-order valence-electron chi connectivity index (χ3n) is 3.06. The Morgan fingerprint density at radius 1 is 1.79 bits per heavy atom. The number of thiazole rings is 1. The average Bonchev–Trinajstić information content (AvgIpc) is 2.87. The first kappa shape index (κ1) is 10.1. The predicted octanol–water partition coefficient (Wildman–Crippen LogP) is 1.63. The average molecular weight is 211 g/mol. The number of hydrogen-bond acceptors (Lipinski definition) is 4. The van der Waals surface area contributed by atoms with Gasteiger partial charge in [-0.05, 0) is 26.3 Å². The summed E-state index contributed by atoms with van der Waals surface area (Å²) < 4.78 is 0. The summed E-state index contributed by atoms with van der Waals surface area (Å²) >= 11 is 1.74. The van der Waals surface area contributed by atoms with Crippen molar-refractivity contribution >= 4 is 11.3 Å². The van der Waals surface area contributed by atoms with Crippen LogP contribution < -0.4 is 5.73 Å². The Kier molecular flexibility index (Phi) is 3.15. The van der Waals surface area contributed by atoms with Crippen LogP contribution >= 0.6 is 11.3 Å². The van der Waals surface area contributed by atoms with Gasteiger partial charge in [0, 0.05) is 29.7 Å². The van der Waals surface area contributed by atoms with Crippen LogP contribution in [0.2, 0.25) is 0 Å². The number of likely N-dealkylation sites (tertiary alicyclic amines) is 1. The van der Waals surface area contributed by atoms with Crippen molar-refractivity contribution in [3.05, 3.63) is 16.6 Å². The number of aromatic nitrogens is 1. The van der Waals surface area contributed by atoms with Crippen LogP contribution in [0.15, 0.2) is 11.7 Å². The van der Waals surface area contributed by atoms with Crippen LogP contribution in [-0.4, -0.2) is 29.0 Å². The van der Waals surface area contributed by atoms with Gasteiger partial charge in [-0.25, -0.2) is 0 Å². The predicted molar refractivity (Wildman–Crippen MR) is 59.3 cm³/mol. The van der Waals surface area contributed by atoms with E-state index in [4.69, 9.17) is 5.73 Å². The maximum atomic E-state index is 5.76. The van der Waals surface area contributed by atoms with Gasteiger partial charge in [0.25, 0.3) is 0 Å². The molecule has 0 bridgehead atoms. The largest absolute Gasteiger partial charge is 0.329 e. The lowest BCUT2D eigenvalue weighted by Gasteiger charge is -2.28. The first-order valence-corrected chi connectivity index (χ1v) is 6.05. The van der Waals surface area contributed by atoms with E-state index in [2.05, 4.69) is 16.8 Å². The molecule has 4 heteroatoms. The summed E-state index contributed by atoms with van der Waals surface area (Å²) in [6.07, 6.45) is 4.51. The summed E-state index contributed by atoms with van der Waals surface area (Å²) in [7, 11) is 0. The molecule has 2 rings (SSSR count). The van der Waals surface area contributed by atoms with E-state index in [0.717, 1.165) is 6.54 Å². The second-order valence-corrected chi connectivity index (χ2v) is 4.77. The van der Waals surface area contributed by atoms with Crippen LogP contribution in [0.1, 0.15) is 30.7 Å². The van der Waals surface area contributed by atoms with Crippen LogP contribution in [-0.2, 0) is 0 Å². The van der Waals surface area contributed by atoms with Gasteiger partial charge < -0.3 is 5.73 Å². The molecule has 2 atom stereocenters. The molecule has 1 fully saturated rings. The monoisotopic (exact) mass is 211 g/mol. The van der Waals surface area contributed by atoms with E-state index >= 15 is 0 Å². The summed E-state index contributed by atoms with van der Waals surface area (Å²) in [6, 6.07) is 1.06. The zero-order valence-electron chi connectivity index (χ0n) is 8.52. The Morgan fingerprint density at radius 3 is 3.29 bits per heavy atom. The maximum Gasteiger partial charge on any atom is 0.0794 e. The fourth-order valence-electron chi connectivity index (χ4n) is 2.22. The quantitative estimate of drug-likeness (QED) is 0.826. The van der Waals surface area contributed by atoms with E-state index < -0.39 is 0 Å². The molecule has 0 radical (unpaired) electrons. The van der Waals surface area contributed by atoms with Crippen molar-refractivity contribution in [2.75, 3.05) is 13.1 Å². The molecule has 14 heavy (non-hydrogen) atoms. The van der Waals surface area contributed by atoms with E-state index in [-0.39, 0.29) is 0 Å². The molecular formula is C10H17N3S. The Labute approximate surface area is 88.9 Å². The molecule has 0 aliphatic carbocycles. The van der Waals surface area contributed by atoms with Crippen LogP contribution in [0.5, 0.6) is 0 Å². The standard InChI is InChI=1S/C10H17N3S/c1-8(10-6-12-7-14-10)13-4-2-3-9(13)5-11/h6-9H,2-5,11H2,1H3. The zero-order chi connectivity index (χ0) is 9.97. The smallest absolute Gasteiger partial charge is 0.0794 e. The van der Waals surface area contributed by atoms with Gasteiger partial charge in [0.1, 0.15) is 0 Å². The number of nitrogens with two attached hydrogens (primary N) is 1. The van der Waals surface area contributed by atoms with Crippen LogP contribution in [0.25, 0.3) is 0 Å². The minimum Gasteiger partial charge on any atom is -0.329 e. The van der Waals surface area contributed by atoms with Crippen molar-refractivity contribution in [3.63, 3.8) is 0 Å². The van der Waals surface area contributed by atoms with Gasteiger partial charge in [0.05, 0.1) is 5.51 Å². The van der Waals surface area contributed by atoms with Crippen molar-refractivity contribution in [2.24, 2.45) is 5.73 Å². The van der Waals surface area contributed by atoms with Gasteiger partial charge in [0.15, 0.2) is 0 Å². The molecular weight excluding hydrogens is 194 g/mol. The second-order valence-electron chi connectivity index (χ2n) is 3.85.